The van der Waals surface area contributed by atoms with Crippen molar-refractivity contribution in [1.29, 1.82) is 0 Å². The number of carboxylic acids is 1. The van der Waals surface area contributed by atoms with Crippen LogP contribution in [0, 0.1) is 5.92 Å². The van der Waals surface area contributed by atoms with Crippen molar-refractivity contribution in [2.75, 3.05) is 58.0 Å². The Bertz CT molecular complexity index is 1440. The Hall–Kier alpha value is -4.91. The lowest BCUT2D eigenvalue weighted by molar-refractivity contribution is -0.141. The number of carbonyl (C=O) groups excluding carboxylic acids is 6. The quantitative estimate of drug-likeness (QED) is 0.0361. The third-order valence-corrected chi connectivity index (χ3v) is 7.89. The summed E-state index contributed by atoms with van der Waals surface area (Å²) in [6.45, 7) is 6.43. The van der Waals surface area contributed by atoms with E-state index >= 15 is 0 Å². The monoisotopic (exact) mass is 748 g/mol. The molecular weight excluding hydrogens is 696 g/mol. The number of nitrogens with two attached hydrogens (primary N) is 1. The topological polar surface area (TPSA) is 265 Å². The van der Waals surface area contributed by atoms with E-state index in [-0.39, 0.29) is 81.4 Å². The van der Waals surface area contributed by atoms with Crippen molar-refractivity contribution in [2.24, 2.45) is 11.7 Å². The van der Waals surface area contributed by atoms with E-state index < -0.39 is 47.7 Å². The maximum Gasteiger partial charge on any atom is 0.306 e. The van der Waals surface area contributed by atoms with Crippen molar-refractivity contribution in [1.82, 2.24) is 20.9 Å². The predicted molar refractivity (Wildman–Crippen MR) is 190 cm³/mol. The number of phenolic OH excluding ortho intramolecular Hbond substituents is 1. The van der Waals surface area contributed by atoms with Crippen molar-refractivity contribution in [3.8, 4) is 5.75 Å². The molecule has 18 heteroatoms. The Kier molecular flexibility index (Phi) is 19.7. The number of imide groups is 1. The third kappa shape index (κ3) is 17.4. The van der Waals surface area contributed by atoms with Gasteiger partial charge < -0.3 is 51.4 Å². The molecule has 294 valence electrons. The lowest BCUT2D eigenvalue weighted by Crippen LogP contribution is -2.50. The van der Waals surface area contributed by atoms with E-state index in [1.807, 2.05) is 0 Å². The van der Waals surface area contributed by atoms with Gasteiger partial charge in [-0.2, -0.15) is 0 Å². The van der Waals surface area contributed by atoms with Crippen LogP contribution in [0.5, 0.6) is 5.75 Å². The molecule has 18 nitrogen and oxygen atoms in total. The van der Waals surface area contributed by atoms with Crippen LogP contribution in [-0.2, 0) is 54.2 Å². The lowest BCUT2D eigenvalue weighted by atomic mass is 9.96. The number of amides is 6. The van der Waals surface area contributed by atoms with Crippen LogP contribution in [0.3, 0.4) is 0 Å². The summed E-state index contributed by atoms with van der Waals surface area (Å²) in [5.41, 5.74) is 6.85. The molecule has 0 aromatic heterocycles. The van der Waals surface area contributed by atoms with Crippen LogP contribution in [0.1, 0.15) is 52.0 Å². The summed E-state index contributed by atoms with van der Waals surface area (Å²) < 4.78 is 16.2. The Morgan fingerprint density at radius 3 is 2.06 bits per heavy atom. The minimum absolute atomic E-state index is 0.0112. The maximum atomic E-state index is 12.7. The normalized spacial score (nSPS) is 14.7. The van der Waals surface area contributed by atoms with Gasteiger partial charge in [-0.3, -0.25) is 38.5 Å². The van der Waals surface area contributed by atoms with E-state index in [0.717, 1.165) is 4.90 Å². The molecule has 4 atom stereocenters. The molecule has 1 aliphatic rings. The molecule has 0 aliphatic carbocycles. The van der Waals surface area contributed by atoms with Gasteiger partial charge >= 0.3 is 5.97 Å². The van der Waals surface area contributed by atoms with E-state index in [0.29, 0.717) is 38.2 Å². The van der Waals surface area contributed by atoms with Crippen LogP contribution in [0.4, 0.5) is 5.69 Å². The predicted octanol–water partition coefficient (Wildman–Crippen LogP) is -0.418. The smallest absolute Gasteiger partial charge is 0.306 e. The van der Waals surface area contributed by atoms with Crippen LogP contribution in [0.15, 0.2) is 30.4 Å². The maximum absolute atomic E-state index is 12.7. The molecule has 0 radical (unpaired) electrons. The minimum atomic E-state index is -1.01. The van der Waals surface area contributed by atoms with Crippen molar-refractivity contribution >= 4 is 47.1 Å². The number of benzene rings is 1. The van der Waals surface area contributed by atoms with Crippen molar-refractivity contribution in [3.63, 3.8) is 0 Å². The number of anilines is 1. The molecule has 0 fully saturated rings. The number of carbonyl (C=O) groups is 7. The number of phenols is 1. The first kappa shape index (κ1) is 44.3. The average molecular weight is 749 g/mol. The number of carboxylic acid groups (broad SMARTS) is 1. The number of nitrogens with one attached hydrogen (secondary N) is 4. The number of nitrogens with zero attached hydrogens (tertiary/aromatic N) is 1. The van der Waals surface area contributed by atoms with Gasteiger partial charge in [-0.15, -0.1) is 0 Å². The van der Waals surface area contributed by atoms with E-state index in [1.165, 1.54) is 38.1 Å². The fraction of sp³-hybridized carbons (Fsp3) is 0.571. The van der Waals surface area contributed by atoms with Gasteiger partial charge in [-0.25, -0.2) is 0 Å². The molecule has 0 saturated heterocycles. The summed E-state index contributed by atoms with van der Waals surface area (Å²) in [6.07, 6.45) is 3.52. The molecule has 1 aromatic rings. The second-order valence-corrected chi connectivity index (χ2v) is 12.5. The van der Waals surface area contributed by atoms with Gasteiger partial charge in [-0.05, 0) is 50.8 Å². The standard InChI is InChI=1S/C35H52N6O12/c1-22(35(49)50)19-26(36)20-25-6-7-28(42)27(21-25)40-34(48)24(3)39-33(47)23(2)38-30(44)10-13-51-15-17-53-18-16-52-14-11-37-29(43)5-4-12-41-31(45)8-9-32(41)46/h6-9,21-24,26,42H,4-5,10-20,36H2,1-3H3,(H,37,43)(H,38,44)(H,39,47)(H,40,48)(H,49,50)/t22-,23-,24-,26+/m0/s1. The summed E-state index contributed by atoms with van der Waals surface area (Å²) in [6, 6.07) is 2.13. The van der Waals surface area contributed by atoms with Crippen LogP contribution in [0.2, 0.25) is 0 Å². The Morgan fingerprint density at radius 1 is 0.811 bits per heavy atom. The fourth-order valence-electron chi connectivity index (χ4n) is 4.88. The highest BCUT2D eigenvalue weighted by molar-refractivity contribution is 6.12. The van der Waals surface area contributed by atoms with Gasteiger partial charge in [0.05, 0.1) is 51.2 Å². The van der Waals surface area contributed by atoms with Crippen molar-refractivity contribution in [3.05, 3.63) is 35.9 Å². The number of hydrogen-bond acceptors (Lipinski definition) is 12. The molecule has 1 heterocycles. The van der Waals surface area contributed by atoms with Crippen molar-refractivity contribution in [2.45, 2.75) is 71.0 Å². The number of rotatable bonds is 26. The summed E-state index contributed by atoms with van der Waals surface area (Å²) in [7, 11) is 0. The Morgan fingerprint density at radius 2 is 1.42 bits per heavy atom. The summed E-state index contributed by atoms with van der Waals surface area (Å²) in [5, 5.41) is 29.6. The zero-order valence-electron chi connectivity index (χ0n) is 30.4. The van der Waals surface area contributed by atoms with E-state index in [9.17, 15) is 38.7 Å². The molecule has 0 saturated carbocycles. The van der Waals surface area contributed by atoms with Gasteiger partial charge in [0, 0.05) is 44.1 Å². The first-order valence-electron chi connectivity index (χ1n) is 17.4. The fourth-order valence-corrected chi connectivity index (χ4v) is 4.88. The second kappa shape index (κ2) is 23.6. The first-order chi connectivity index (χ1) is 25.2. The SMILES string of the molecule is C[C@H](NC(=O)CCOCCOCCOCCNC(=O)CCCN1C(=O)C=CC1=O)C(=O)N[C@@H](C)C(=O)Nc1cc(C[C@H](N)C[C@H](C)C(=O)O)ccc1O. The van der Waals surface area contributed by atoms with Gasteiger partial charge in [0.1, 0.15) is 17.8 Å². The highest BCUT2D eigenvalue weighted by Crippen LogP contribution is 2.25. The van der Waals surface area contributed by atoms with Crippen molar-refractivity contribution < 1.29 is 58.0 Å². The highest BCUT2D eigenvalue weighted by Gasteiger charge is 2.24. The van der Waals surface area contributed by atoms with Crippen LogP contribution >= 0.6 is 0 Å². The largest absolute Gasteiger partial charge is 0.506 e. The summed E-state index contributed by atoms with van der Waals surface area (Å²) in [4.78, 5) is 84.6. The molecule has 8 N–H and O–H groups in total. The highest BCUT2D eigenvalue weighted by atomic mass is 16.5. The molecule has 1 aromatic carbocycles. The summed E-state index contributed by atoms with van der Waals surface area (Å²) >= 11 is 0. The first-order valence-corrected chi connectivity index (χ1v) is 17.4. The Labute approximate surface area is 308 Å². The zero-order valence-corrected chi connectivity index (χ0v) is 30.4. The van der Waals surface area contributed by atoms with Gasteiger partial charge in [0.15, 0.2) is 0 Å². The average Bonchev–Trinajstić information content (AvgIpc) is 3.42. The molecule has 53 heavy (non-hydrogen) atoms. The molecule has 0 unspecified atom stereocenters. The van der Waals surface area contributed by atoms with E-state index in [2.05, 4.69) is 21.3 Å². The summed E-state index contributed by atoms with van der Waals surface area (Å²) in [5.74, 6) is -4.36. The third-order valence-electron chi connectivity index (χ3n) is 7.89. The number of ether oxygens (including phenoxy) is 3. The Balaban J connectivity index is 1.51. The van der Waals surface area contributed by atoms with Gasteiger partial charge in [-0.1, -0.05) is 13.0 Å². The molecule has 6 amide bonds. The van der Waals surface area contributed by atoms with Crippen LogP contribution in [-0.4, -0.2) is 127 Å². The lowest BCUT2D eigenvalue weighted by Gasteiger charge is -2.19. The molecule has 0 spiro atoms. The number of hydrogen-bond donors (Lipinski definition) is 7. The minimum Gasteiger partial charge on any atom is -0.506 e. The zero-order chi connectivity index (χ0) is 39.3. The molecule has 1 aliphatic heterocycles. The van der Waals surface area contributed by atoms with Gasteiger partial charge in [0.25, 0.3) is 11.8 Å². The second-order valence-electron chi connectivity index (χ2n) is 12.5. The van der Waals surface area contributed by atoms with Crippen LogP contribution in [0.25, 0.3) is 0 Å². The molecule has 2 rings (SSSR count). The molecular formula is C35H52N6O12. The van der Waals surface area contributed by atoms with E-state index in [4.69, 9.17) is 25.1 Å². The number of aromatic hydroxyl groups is 1. The number of aliphatic carboxylic acids is 1. The van der Waals surface area contributed by atoms with Gasteiger partial charge in [0.2, 0.25) is 23.6 Å². The molecule has 0 bridgehead atoms. The van der Waals surface area contributed by atoms with Crippen LogP contribution < -0.4 is 27.0 Å². The van der Waals surface area contributed by atoms with E-state index in [1.54, 1.807) is 13.0 Å².